The molecular weight excluding hydrogens is 262 g/mol. The third kappa shape index (κ3) is 3.89. The van der Waals surface area contributed by atoms with Gasteiger partial charge in [0.1, 0.15) is 11.3 Å². The number of anilines is 1. The molecule has 0 bridgehead atoms. The van der Waals surface area contributed by atoms with E-state index in [0.717, 1.165) is 50.3 Å². The molecule has 114 valence electrons. The van der Waals surface area contributed by atoms with E-state index in [1.54, 1.807) is 7.11 Å². The predicted molar refractivity (Wildman–Crippen MR) is 85.5 cm³/mol. The summed E-state index contributed by atoms with van der Waals surface area (Å²) in [6.45, 7) is 5.39. The molecule has 1 unspecified atom stereocenters. The van der Waals surface area contributed by atoms with E-state index in [1.165, 1.54) is 6.42 Å². The van der Waals surface area contributed by atoms with Gasteiger partial charge in [0.2, 0.25) is 0 Å². The molecule has 1 aromatic carbocycles. The van der Waals surface area contributed by atoms with E-state index >= 15 is 0 Å². The Bertz CT molecular complexity index is 497. The van der Waals surface area contributed by atoms with Gasteiger partial charge in [-0.25, -0.2) is 0 Å². The molecule has 1 fully saturated rings. The molecule has 0 aliphatic carbocycles. The number of para-hydroxylation sites is 2. The zero-order valence-corrected chi connectivity index (χ0v) is 13.1. The van der Waals surface area contributed by atoms with Gasteiger partial charge in [-0.2, -0.15) is 5.26 Å². The van der Waals surface area contributed by atoms with Gasteiger partial charge in [-0.3, -0.25) is 0 Å². The van der Waals surface area contributed by atoms with Gasteiger partial charge < -0.3 is 15.0 Å². The first-order chi connectivity index (χ1) is 10.2. The van der Waals surface area contributed by atoms with Crippen LogP contribution in [0.4, 0.5) is 5.69 Å². The van der Waals surface area contributed by atoms with Gasteiger partial charge in [0.05, 0.1) is 18.9 Å². The highest BCUT2D eigenvalue weighted by Crippen LogP contribution is 2.31. The van der Waals surface area contributed by atoms with E-state index in [-0.39, 0.29) is 0 Å². The molecule has 1 atom stereocenters. The largest absolute Gasteiger partial charge is 0.495 e. The van der Waals surface area contributed by atoms with Crippen molar-refractivity contribution in [3.63, 3.8) is 0 Å². The Balaban J connectivity index is 2.13. The van der Waals surface area contributed by atoms with Crippen molar-refractivity contribution in [3.8, 4) is 11.8 Å². The quantitative estimate of drug-likeness (QED) is 0.903. The third-order valence-corrected chi connectivity index (χ3v) is 4.17. The molecule has 1 aromatic rings. The maximum absolute atomic E-state index is 9.74. The molecule has 0 amide bonds. The summed E-state index contributed by atoms with van der Waals surface area (Å²) in [7, 11) is 1.66. The summed E-state index contributed by atoms with van der Waals surface area (Å²) >= 11 is 0. The molecule has 0 spiro atoms. The average molecular weight is 287 g/mol. The zero-order valence-electron chi connectivity index (χ0n) is 13.1. The molecule has 21 heavy (non-hydrogen) atoms. The second-order valence-corrected chi connectivity index (χ2v) is 5.71. The van der Waals surface area contributed by atoms with E-state index in [4.69, 9.17) is 4.74 Å². The lowest BCUT2D eigenvalue weighted by Crippen LogP contribution is -2.38. The normalized spacial score (nSPS) is 23.1. The number of hydrogen-bond acceptors (Lipinski definition) is 4. The number of hydrogen-bond donors (Lipinski definition) is 1. The van der Waals surface area contributed by atoms with Crippen LogP contribution in [0.3, 0.4) is 0 Å². The average Bonchev–Trinajstić information content (AvgIpc) is 2.72. The second-order valence-electron chi connectivity index (χ2n) is 5.71. The minimum absolute atomic E-state index is 0.489. The number of benzene rings is 1. The maximum Gasteiger partial charge on any atom is 0.141 e. The van der Waals surface area contributed by atoms with E-state index < -0.39 is 5.54 Å². The minimum atomic E-state index is -0.489. The molecule has 2 rings (SSSR count). The van der Waals surface area contributed by atoms with Gasteiger partial charge in [0.25, 0.3) is 0 Å². The lowest BCUT2D eigenvalue weighted by molar-refractivity contribution is 0.283. The summed E-state index contributed by atoms with van der Waals surface area (Å²) in [6, 6.07) is 10.3. The monoisotopic (exact) mass is 287 g/mol. The maximum atomic E-state index is 9.74. The molecule has 1 aliphatic rings. The van der Waals surface area contributed by atoms with Crippen molar-refractivity contribution in [2.75, 3.05) is 32.1 Å². The third-order valence-electron chi connectivity index (χ3n) is 4.17. The van der Waals surface area contributed by atoms with Crippen LogP contribution >= 0.6 is 0 Å². The van der Waals surface area contributed by atoms with E-state index in [2.05, 4.69) is 23.2 Å². The Hall–Kier alpha value is -1.73. The van der Waals surface area contributed by atoms with Crippen LogP contribution < -0.4 is 10.1 Å². The van der Waals surface area contributed by atoms with Crippen LogP contribution in [0.2, 0.25) is 0 Å². The molecule has 0 saturated carbocycles. The number of likely N-dealkylation sites (tertiary alicyclic amines) is 1. The molecular formula is C17H25N3O. The molecule has 1 N–H and O–H groups in total. The Morgan fingerprint density at radius 2 is 2.14 bits per heavy atom. The SMILES string of the molecule is CCCN1CCCC(C#N)(Nc2ccccc2OC)CC1. The van der Waals surface area contributed by atoms with E-state index in [1.807, 2.05) is 24.3 Å². The van der Waals surface area contributed by atoms with Crippen LogP contribution in [0.1, 0.15) is 32.6 Å². The number of nitriles is 1. The Labute approximate surface area is 127 Å². The predicted octanol–water partition coefficient (Wildman–Crippen LogP) is 3.27. The summed E-state index contributed by atoms with van der Waals surface area (Å²) in [5.41, 5.74) is 0.419. The molecule has 4 heteroatoms. The van der Waals surface area contributed by atoms with Crippen molar-refractivity contribution in [2.24, 2.45) is 0 Å². The van der Waals surface area contributed by atoms with Gasteiger partial charge in [-0.05, 0) is 50.9 Å². The standard InChI is InChI=1S/C17H25N3O/c1-3-11-20-12-6-9-17(14-18,10-13-20)19-15-7-4-5-8-16(15)21-2/h4-5,7-8,19H,3,6,9-13H2,1-2H3. The smallest absolute Gasteiger partial charge is 0.141 e. The first-order valence-electron chi connectivity index (χ1n) is 7.78. The highest BCUT2D eigenvalue weighted by molar-refractivity contribution is 5.58. The number of ether oxygens (including phenoxy) is 1. The number of rotatable bonds is 5. The van der Waals surface area contributed by atoms with Gasteiger partial charge in [-0.1, -0.05) is 19.1 Å². The first-order valence-corrected chi connectivity index (χ1v) is 7.78. The highest BCUT2D eigenvalue weighted by atomic mass is 16.5. The van der Waals surface area contributed by atoms with E-state index in [0.29, 0.717) is 0 Å². The summed E-state index contributed by atoms with van der Waals surface area (Å²) < 4.78 is 5.38. The summed E-state index contributed by atoms with van der Waals surface area (Å²) in [6.07, 6.45) is 3.94. The topological polar surface area (TPSA) is 48.3 Å². The lowest BCUT2D eigenvalue weighted by atomic mass is 9.91. The second kappa shape index (κ2) is 7.33. The number of nitrogens with one attached hydrogen (secondary N) is 1. The molecule has 0 radical (unpaired) electrons. The van der Waals surface area contributed by atoms with Crippen molar-refractivity contribution in [1.82, 2.24) is 4.90 Å². The van der Waals surface area contributed by atoms with Crippen LogP contribution in [0, 0.1) is 11.3 Å². The van der Waals surface area contributed by atoms with Crippen LogP contribution in [0.5, 0.6) is 5.75 Å². The molecule has 0 aromatic heterocycles. The Kier molecular flexibility index (Phi) is 5.46. The van der Waals surface area contributed by atoms with Crippen molar-refractivity contribution in [2.45, 2.75) is 38.1 Å². The van der Waals surface area contributed by atoms with Crippen LogP contribution in [0.15, 0.2) is 24.3 Å². The van der Waals surface area contributed by atoms with Crippen molar-refractivity contribution < 1.29 is 4.74 Å². The fourth-order valence-corrected chi connectivity index (χ4v) is 3.00. The van der Waals surface area contributed by atoms with Crippen LogP contribution in [-0.2, 0) is 0 Å². The fraction of sp³-hybridized carbons (Fsp3) is 0.588. The summed E-state index contributed by atoms with van der Waals surface area (Å²) in [5, 5.41) is 13.2. The van der Waals surface area contributed by atoms with Gasteiger partial charge in [-0.15, -0.1) is 0 Å². The number of nitrogens with zero attached hydrogens (tertiary/aromatic N) is 2. The van der Waals surface area contributed by atoms with Gasteiger partial charge in [0, 0.05) is 6.54 Å². The van der Waals surface area contributed by atoms with Gasteiger partial charge >= 0.3 is 0 Å². The number of methoxy groups -OCH3 is 1. The van der Waals surface area contributed by atoms with Crippen molar-refractivity contribution >= 4 is 5.69 Å². The Morgan fingerprint density at radius 1 is 1.33 bits per heavy atom. The van der Waals surface area contributed by atoms with E-state index in [9.17, 15) is 5.26 Å². The first kappa shape index (κ1) is 15.7. The Morgan fingerprint density at radius 3 is 2.86 bits per heavy atom. The molecule has 4 nitrogen and oxygen atoms in total. The molecule has 1 heterocycles. The minimum Gasteiger partial charge on any atom is -0.495 e. The highest BCUT2D eigenvalue weighted by Gasteiger charge is 2.33. The van der Waals surface area contributed by atoms with Crippen molar-refractivity contribution in [1.29, 1.82) is 5.26 Å². The summed E-state index contributed by atoms with van der Waals surface area (Å²) in [4.78, 5) is 2.46. The lowest BCUT2D eigenvalue weighted by Gasteiger charge is -2.28. The van der Waals surface area contributed by atoms with Gasteiger partial charge in [0.15, 0.2) is 0 Å². The van der Waals surface area contributed by atoms with Crippen LogP contribution in [-0.4, -0.2) is 37.2 Å². The molecule has 1 saturated heterocycles. The fourth-order valence-electron chi connectivity index (χ4n) is 3.00. The summed E-state index contributed by atoms with van der Waals surface area (Å²) in [5.74, 6) is 0.793. The van der Waals surface area contributed by atoms with Crippen molar-refractivity contribution in [3.05, 3.63) is 24.3 Å². The molecule has 1 aliphatic heterocycles. The zero-order chi connectivity index (χ0) is 15.1. The van der Waals surface area contributed by atoms with Crippen LogP contribution in [0.25, 0.3) is 0 Å².